The van der Waals surface area contributed by atoms with Crippen LogP contribution < -0.4 is 15.0 Å². The molecule has 2 aliphatic rings. The first-order valence-electron chi connectivity index (χ1n) is 8.31. The molecule has 0 spiro atoms. The zero-order chi connectivity index (χ0) is 16.7. The van der Waals surface area contributed by atoms with Crippen molar-refractivity contribution in [2.24, 2.45) is 0 Å². The first-order valence-corrected chi connectivity index (χ1v) is 9.06. The molecule has 2 aromatic rings. The van der Waals surface area contributed by atoms with Gasteiger partial charge in [-0.25, -0.2) is 0 Å². The lowest BCUT2D eigenvalue weighted by Crippen LogP contribution is -2.32. The van der Waals surface area contributed by atoms with Crippen LogP contribution in [0.15, 0.2) is 30.3 Å². The van der Waals surface area contributed by atoms with E-state index in [0.29, 0.717) is 21.8 Å². The molecule has 2 aliphatic heterocycles. The molecule has 0 amide bonds. The Morgan fingerprint density at radius 3 is 2.67 bits per heavy atom. The van der Waals surface area contributed by atoms with Crippen molar-refractivity contribution in [3.8, 4) is 16.9 Å². The molecule has 0 aliphatic carbocycles. The normalized spacial score (nSPS) is 19.6. The number of nitrogens with one attached hydrogen (secondary N) is 1. The molecule has 1 N–H and O–H groups in total. The van der Waals surface area contributed by atoms with Gasteiger partial charge in [-0.3, -0.25) is 0 Å². The van der Waals surface area contributed by atoms with E-state index in [9.17, 15) is 0 Å². The molecular formula is C19H20Cl2N2O. The third-order valence-electron chi connectivity index (χ3n) is 5.01. The van der Waals surface area contributed by atoms with Gasteiger partial charge in [0.15, 0.2) is 0 Å². The van der Waals surface area contributed by atoms with E-state index in [-0.39, 0.29) is 0 Å². The number of methoxy groups -OCH3 is 1. The summed E-state index contributed by atoms with van der Waals surface area (Å²) in [4.78, 5) is 2.53. The number of nitrogens with zero attached hydrogens (tertiary/aromatic N) is 1. The zero-order valence-electron chi connectivity index (χ0n) is 13.6. The van der Waals surface area contributed by atoms with Crippen LogP contribution in [0, 0.1) is 0 Å². The van der Waals surface area contributed by atoms with E-state index < -0.39 is 0 Å². The van der Waals surface area contributed by atoms with Crippen LogP contribution in [-0.4, -0.2) is 32.8 Å². The highest BCUT2D eigenvalue weighted by Crippen LogP contribution is 2.42. The predicted molar refractivity (Wildman–Crippen MR) is 101 cm³/mol. The molecule has 1 saturated heterocycles. The number of halogens is 2. The fraction of sp³-hybridized carbons (Fsp3) is 0.368. The molecule has 1 atom stereocenters. The second-order valence-electron chi connectivity index (χ2n) is 6.40. The SMILES string of the molecule is COc1cc(Cl)c(-c2ccc3c(c2)N2CCNCCC2C3)c(Cl)c1. The minimum Gasteiger partial charge on any atom is -0.497 e. The van der Waals surface area contributed by atoms with Crippen molar-refractivity contribution in [1.29, 1.82) is 0 Å². The molecule has 126 valence electrons. The molecule has 4 rings (SSSR count). The van der Waals surface area contributed by atoms with E-state index in [1.807, 2.05) is 12.1 Å². The fourth-order valence-electron chi connectivity index (χ4n) is 3.82. The van der Waals surface area contributed by atoms with Crippen LogP contribution in [0.1, 0.15) is 12.0 Å². The van der Waals surface area contributed by atoms with Gasteiger partial charge in [0.05, 0.1) is 17.2 Å². The topological polar surface area (TPSA) is 24.5 Å². The van der Waals surface area contributed by atoms with Crippen LogP contribution in [0.2, 0.25) is 10.0 Å². The van der Waals surface area contributed by atoms with Gasteiger partial charge >= 0.3 is 0 Å². The number of fused-ring (bicyclic) bond motifs is 3. The summed E-state index contributed by atoms with van der Waals surface area (Å²) in [6.45, 7) is 3.17. The van der Waals surface area contributed by atoms with Crippen LogP contribution in [0.25, 0.3) is 11.1 Å². The Morgan fingerprint density at radius 1 is 1.12 bits per heavy atom. The molecule has 1 unspecified atom stereocenters. The Morgan fingerprint density at radius 2 is 1.92 bits per heavy atom. The number of hydrogen-bond donors (Lipinski definition) is 1. The number of rotatable bonds is 2. The standard InChI is InChI=1S/C19H20Cl2N2O/c1-24-15-10-16(20)19(17(21)11-15)13-3-2-12-8-14-4-5-22-6-7-23(14)18(12)9-13/h2-3,9-11,14,22H,4-8H2,1H3. The van der Waals surface area contributed by atoms with Crippen LogP contribution in [-0.2, 0) is 6.42 Å². The predicted octanol–water partition coefficient (Wildman–Crippen LogP) is 4.39. The van der Waals surface area contributed by atoms with Gasteiger partial charge in [-0.1, -0.05) is 35.3 Å². The molecule has 0 aromatic heterocycles. The smallest absolute Gasteiger partial charge is 0.121 e. The summed E-state index contributed by atoms with van der Waals surface area (Å²) in [5.74, 6) is 0.675. The molecule has 1 fully saturated rings. The first-order chi connectivity index (χ1) is 11.7. The largest absolute Gasteiger partial charge is 0.497 e. The Hall–Kier alpha value is -1.42. The lowest BCUT2D eigenvalue weighted by molar-refractivity contribution is 0.415. The van der Waals surface area contributed by atoms with Gasteiger partial charge in [-0.2, -0.15) is 0 Å². The van der Waals surface area contributed by atoms with E-state index in [2.05, 4.69) is 28.4 Å². The highest BCUT2D eigenvalue weighted by molar-refractivity contribution is 6.39. The van der Waals surface area contributed by atoms with Gasteiger partial charge in [-0.15, -0.1) is 0 Å². The molecule has 0 saturated carbocycles. The van der Waals surface area contributed by atoms with Crippen LogP contribution >= 0.6 is 23.2 Å². The molecular weight excluding hydrogens is 343 g/mol. The summed E-state index contributed by atoms with van der Waals surface area (Å²) < 4.78 is 5.24. The van der Waals surface area contributed by atoms with E-state index in [0.717, 1.165) is 37.2 Å². The van der Waals surface area contributed by atoms with Gasteiger partial charge in [0.2, 0.25) is 0 Å². The molecule has 24 heavy (non-hydrogen) atoms. The third-order valence-corrected chi connectivity index (χ3v) is 5.61. The van der Waals surface area contributed by atoms with Crippen LogP contribution in [0.4, 0.5) is 5.69 Å². The fourth-order valence-corrected chi connectivity index (χ4v) is 4.50. The quantitative estimate of drug-likeness (QED) is 0.856. The van der Waals surface area contributed by atoms with E-state index in [1.54, 1.807) is 7.11 Å². The van der Waals surface area contributed by atoms with Gasteiger partial charge in [0.1, 0.15) is 5.75 Å². The number of hydrogen-bond acceptors (Lipinski definition) is 3. The van der Waals surface area contributed by atoms with Gasteiger partial charge < -0.3 is 15.0 Å². The van der Waals surface area contributed by atoms with Crippen molar-refractivity contribution in [3.63, 3.8) is 0 Å². The lowest BCUT2D eigenvalue weighted by atomic mass is 10.0. The van der Waals surface area contributed by atoms with Crippen molar-refractivity contribution in [2.45, 2.75) is 18.9 Å². The molecule has 0 radical (unpaired) electrons. The van der Waals surface area contributed by atoms with Gasteiger partial charge in [-0.05, 0) is 48.7 Å². The monoisotopic (exact) mass is 362 g/mol. The van der Waals surface area contributed by atoms with Crippen molar-refractivity contribution in [1.82, 2.24) is 5.32 Å². The summed E-state index contributed by atoms with van der Waals surface area (Å²) in [6, 6.07) is 10.8. The summed E-state index contributed by atoms with van der Waals surface area (Å²) in [5, 5.41) is 4.72. The Labute approximate surface area is 152 Å². The number of anilines is 1. The van der Waals surface area contributed by atoms with Crippen molar-refractivity contribution >= 4 is 28.9 Å². The van der Waals surface area contributed by atoms with Crippen molar-refractivity contribution in [3.05, 3.63) is 45.9 Å². The number of ether oxygens (including phenoxy) is 1. The average Bonchev–Trinajstić information content (AvgIpc) is 2.75. The summed E-state index contributed by atoms with van der Waals surface area (Å²) >= 11 is 12.9. The maximum absolute atomic E-state index is 6.47. The molecule has 3 nitrogen and oxygen atoms in total. The Balaban J connectivity index is 1.76. The first kappa shape index (κ1) is 16.1. The molecule has 2 aromatic carbocycles. The maximum Gasteiger partial charge on any atom is 0.121 e. The van der Waals surface area contributed by atoms with Gasteiger partial charge in [0, 0.05) is 30.4 Å². The maximum atomic E-state index is 6.47. The third kappa shape index (κ3) is 2.75. The van der Waals surface area contributed by atoms with E-state index >= 15 is 0 Å². The average molecular weight is 363 g/mol. The van der Waals surface area contributed by atoms with Crippen molar-refractivity contribution in [2.75, 3.05) is 31.6 Å². The lowest BCUT2D eigenvalue weighted by Gasteiger charge is -2.25. The number of benzene rings is 2. The molecule has 5 heteroatoms. The van der Waals surface area contributed by atoms with E-state index in [1.165, 1.54) is 17.7 Å². The minimum absolute atomic E-state index is 0.604. The zero-order valence-corrected chi connectivity index (χ0v) is 15.1. The summed E-state index contributed by atoms with van der Waals surface area (Å²) in [6.07, 6.45) is 2.31. The highest BCUT2D eigenvalue weighted by Gasteiger charge is 2.30. The highest BCUT2D eigenvalue weighted by atomic mass is 35.5. The Bertz CT molecular complexity index is 755. The second-order valence-corrected chi connectivity index (χ2v) is 7.21. The van der Waals surface area contributed by atoms with Crippen LogP contribution in [0.5, 0.6) is 5.75 Å². The van der Waals surface area contributed by atoms with E-state index in [4.69, 9.17) is 27.9 Å². The summed E-state index contributed by atoms with van der Waals surface area (Å²) in [7, 11) is 1.62. The van der Waals surface area contributed by atoms with Gasteiger partial charge in [0.25, 0.3) is 0 Å². The minimum atomic E-state index is 0.604. The van der Waals surface area contributed by atoms with Crippen LogP contribution in [0.3, 0.4) is 0 Å². The summed E-state index contributed by atoms with van der Waals surface area (Å²) in [5.41, 5.74) is 4.68. The molecule has 2 heterocycles. The van der Waals surface area contributed by atoms with Crippen molar-refractivity contribution < 1.29 is 4.74 Å². The molecule has 0 bridgehead atoms. The second kappa shape index (κ2) is 6.47. The Kier molecular flexibility index (Phi) is 4.33.